The second-order valence-corrected chi connectivity index (χ2v) is 3.50. The van der Waals surface area contributed by atoms with Crippen LogP contribution in [0.3, 0.4) is 0 Å². The molecule has 0 fully saturated rings. The molecule has 0 aliphatic heterocycles. The second kappa shape index (κ2) is 5.08. The van der Waals surface area contributed by atoms with Gasteiger partial charge in [0.15, 0.2) is 0 Å². The van der Waals surface area contributed by atoms with Crippen LogP contribution in [0, 0.1) is 5.82 Å². The molecule has 1 aromatic carbocycles. The normalized spacial score (nSPS) is 10.9. The van der Waals surface area contributed by atoms with Crippen molar-refractivity contribution in [2.45, 2.75) is 20.0 Å². The molecule has 0 amide bonds. The third-order valence-corrected chi connectivity index (χ3v) is 2.25. The van der Waals surface area contributed by atoms with Gasteiger partial charge in [-0.1, -0.05) is 13.0 Å². The van der Waals surface area contributed by atoms with E-state index in [-0.39, 0.29) is 5.82 Å². The number of hydrogen-bond acceptors (Lipinski definition) is 2. The summed E-state index contributed by atoms with van der Waals surface area (Å²) < 4.78 is 13.1. The lowest BCUT2D eigenvalue weighted by Crippen LogP contribution is -2.17. The molecule has 2 N–H and O–H groups in total. The first-order valence-electron chi connectivity index (χ1n) is 4.82. The van der Waals surface area contributed by atoms with E-state index in [1.165, 1.54) is 6.07 Å². The van der Waals surface area contributed by atoms with Crippen LogP contribution < -0.4 is 5.73 Å². The standard InChI is InChI=1S/C11H17FN2/c1-3-14(2)8-10-4-9(7-13)5-11(12)6-10/h4-6H,3,7-8,13H2,1-2H3. The molecule has 0 atom stereocenters. The fourth-order valence-corrected chi connectivity index (χ4v) is 1.35. The Hall–Kier alpha value is -0.930. The van der Waals surface area contributed by atoms with Gasteiger partial charge in [0, 0.05) is 13.1 Å². The molecular weight excluding hydrogens is 179 g/mol. The maximum atomic E-state index is 13.1. The SMILES string of the molecule is CCN(C)Cc1cc(F)cc(CN)c1. The average molecular weight is 196 g/mol. The van der Waals surface area contributed by atoms with Crippen LogP contribution in [0.1, 0.15) is 18.1 Å². The predicted molar refractivity (Wildman–Crippen MR) is 56.3 cm³/mol. The summed E-state index contributed by atoms with van der Waals surface area (Å²) in [4.78, 5) is 2.12. The summed E-state index contributed by atoms with van der Waals surface area (Å²) in [6.07, 6.45) is 0. The van der Waals surface area contributed by atoms with Gasteiger partial charge in [0.05, 0.1) is 0 Å². The first-order valence-corrected chi connectivity index (χ1v) is 4.82. The zero-order valence-electron chi connectivity index (χ0n) is 8.76. The fourth-order valence-electron chi connectivity index (χ4n) is 1.35. The van der Waals surface area contributed by atoms with E-state index in [2.05, 4.69) is 11.8 Å². The lowest BCUT2D eigenvalue weighted by molar-refractivity contribution is 0.345. The number of nitrogens with two attached hydrogens (primary N) is 1. The van der Waals surface area contributed by atoms with Crippen molar-refractivity contribution < 1.29 is 4.39 Å². The van der Waals surface area contributed by atoms with Crippen molar-refractivity contribution >= 4 is 0 Å². The molecule has 0 bridgehead atoms. The highest BCUT2D eigenvalue weighted by Gasteiger charge is 2.02. The van der Waals surface area contributed by atoms with E-state index in [1.54, 1.807) is 6.07 Å². The van der Waals surface area contributed by atoms with E-state index in [9.17, 15) is 4.39 Å². The van der Waals surface area contributed by atoms with E-state index in [1.807, 2.05) is 13.1 Å². The summed E-state index contributed by atoms with van der Waals surface area (Å²) in [6.45, 7) is 4.18. The van der Waals surface area contributed by atoms with Gasteiger partial charge in [-0.15, -0.1) is 0 Å². The van der Waals surface area contributed by atoms with Crippen LogP contribution in [-0.2, 0) is 13.1 Å². The van der Waals surface area contributed by atoms with Gasteiger partial charge in [-0.25, -0.2) is 4.39 Å². The monoisotopic (exact) mass is 196 g/mol. The van der Waals surface area contributed by atoms with Crippen molar-refractivity contribution in [3.05, 3.63) is 35.1 Å². The Morgan fingerprint density at radius 2 is 1.93 bits per heavy atom. The van der Waals surface area contributed by atoms with Gasteiger partial charge >= 0.3 is 0 Å². The number of rotatable bonds is 4. The fraction of sp³-hybridized carbons (Fsp3) is 0.455. The number of benzene rings is 1. The van der Waals surface area contributed by atoms with E-state index < -0.39 is 0 Å². The Labute approximate surface area is 84.5 Å². The quantitative estimate of drug-likeness (QED) is 0.794. The molecule has 3 heteroatoms. The lowest BCUT2D eigenvalue weighted by atomic mass is 10.1. The highest BCUT2D eigenvalue weighted by Crippen LogP contribution is 2.10. The second-order valence-electron chi connectivity index (χ2n) is 3.50. The molecule has 0 aromatic heterocycles. The van der Waals surface area contributed by atoms with Crippen molar-refractivity contribution in [3.63, 3.8) is 0 Å². The molecule has 0 aliphatic carbocycles. The summed E-state index contributed by atoms with van der Waals surface area (Å²) in [5.74, 6) is -0.201. The van der Waals surface area contributed by atoms with Crippen molar-refractivity contribution in [1.29, 1.82) is 0 Å². The average Bonchev–Trinajstić information content (AvgIpc) is 2.16. The largest absolute Gasteiger partial charge is 0.326 e. The van der Waals surface area contributed by atoms with Crippen LogP contribution in [0.4, 0.5) is 4.39 Å². The summed E-state index contributed by atoms with van der Waals surface area (Å²) in [7, 11) is 2.01. The first-order chi connectivity index (χ1) is 6.65. The van der Waals surface area contributed by atoms with Crippen LogP contribution in [0.15, 0.2) is 18.2 Å². The molecular formula is C11H17FN2. The van der Waals surface area contributed by atoms with Gasteiger partial charge in [0.2, 0.25) is 0 Å². The molecule has 0 aliphatic rings. The van der Waals surface area contributed by atoms with Gasteiger partial charge < -0.3 is 10.6 Å². The molecule has 1 rings (SSSR count). The minimum absolute atomic E-state index is 0.201. The van der Waals surface area contributed by atoms with Crippen LogP contribution >= 0.6 is 0 Å². The summed E-state index contributed by atoms with van der Waals surface area (Å²) >= 11 is 0. The van der Waals surface area contributed by atoms with E-state index in [0.29, 0.717) is 6.54 Å². The van der Waals surface area contributed by atoms with Crippen LogP contribution in [0.2, 0.25) is 0 Å². The van der Waals surface area contributed by atoms with Crippen molar-refractivity contribution in [3.8, 4) is 0 Å². The van der Waals surface area contributed by atoms with Gasteiger partial charge in [0.25, 0.3) is 0 Å². The minimum atomic E-state index is -0.201. The van der Waals surface area contributed by atoms with E-state index >= 15 is 0 Å². The molecule has 0 spiro atoms. The maximum absolute atomic E-state index is 13.1. The third-order valence-electron chi connectivity index (χ3n) is 2.25. The zero-order chi connectivity index (χ0) is 10.6. The third kappa shape index (κ3) is 3.09. The predicted octanol–water partition coefficient (Wildman–Crippen LogP) is 1.74. The molecule has 0 heterocycles. The number of halogens is 1. The maximum Gasteiger partial charge on any atom is 0.123 e. The summed E-state index contributed by atoms with van der Waals surface area (Å²) in [5.41, 5.74) is 7.30. The number of nitrogens with zero attached hydrogens (tertiary/aromatic N) is 1. The highest BCUT2D eigenvalue weighted by atomic mass is 19.1. The molecule has 0 unspecified atom stereocenters. The molecule has 2 nitrogen and oxygen atoms in total. The van der Waals surface area contributed by atoms with Gasteiger partial charge in [-0.3, -0.25) is 0 Å². The smallest absolute Gasteiger partial charge is 0.123 e. The topological polar surface area (TPSA) is 29.3 Å². The van der Waals surface area contributed by atoms with Crippen LogP contribution in [-0.4, -0.2) is 18.5 Å². The summed E-state index contributed by atoms with van der Waals surface area (Å²) in [5, 5.41) is 0. The van der Waals surface area contributed by atoms with Crippen molar-refractivity contribution in [1.82, 2.24) is 4.90 Å². The Morgan fingerprint density at radius 3 is 2.50 bits per heavy atom. The molecule has 78 valence electrons. The summed E-state index contributed by atoms with van der Waals surface area (Å²) in [6, 6.07) is 5.00. The van der Waals surface area contributed by atoms with Gasteiger partial charge in [0.1, 0.15) is 5.82 Å². The van der Waals surface area contributed by atoms with Gasteiger partial charge in [-0.2, -0.15) is 0 Å². The number of hydrogen-bond donors (Lipinski definition) is 1. The Balaban J connectivity index is 2.81. The van der Waals surface area contributed by atoms with Gasteiger partial charge in [-0.05, 0) is 36.9 Å². The minimum Gasteiger partial charge on any atom is -0.326 e. The van der Waals surface area contributed by atoms with Crippen LogP contribution in [0.25, 0.3) is 0 Å². The highest BCUT2D eigenvalue weighted by molar-refractivity contribution is 5.24. The Morgan fingerprint density at radius 1 is 1.29 bits per heavy atom. The van der Waals surface area contributed by atoms with E-state index in [0.717, 1.165) is 24.2 Å². The van der Waals surface area contributed by atoms with Crippen molar-refractivity contribution in [2.75, 3.05) is 13.6 Å². The lowest BCUT2D eigenvalue weighted by Gasteiger charge is -2.14. The van der Waals surface area contributed by atoms with Crippen molar-refractivity contribution in [2.24, 2.45) is 5.73 Å². The Bertz CT molecular complexity index is 299. The molecule has 0 radical (unpaired) electrons. The van der Waals surface area contributed by atoms with Crippen LogP contribution in [0.5, 0.6) is 0 Å². The molecule has 0 saturated heterocycles. The zero-order valence-corrected chi connectivity index (χ0v) is 8.76. The molecule has 0 saturated carbocycles. The molecule has 14 heavy (non-hydrogen) atoms. The Kier molecular flexibility index (Phi) is 4.04. The molecule has 1 aromatic rings. The first kappa shape index (κ1) is 11.1. The van der Waals surface area contributed by atoms with E-state index in [4.69, 9.17) is 5.73 Å².